The third-order valence-electron chi connectivity index (χ3n) is 3.55. The molecule has 1 fully saturated rings. The predicted octanol–water partition coefficient (Wildman–Crippen LogP) is 2.65. The Balaban J connectivity index is 1.92. The summed E-state index contributed by atoms with van der Waals surface area (Å²) in [6.07, 6.45) is 0.133. The van der Waals surface area contributed by atoms with Crippen molar-refractivity contribution in [1.29, 1.82) is 0 Å². The number of para-hydroxylation sites is 2. The lowest BCUT2D eigenvalue weighted by Crippen LogP contribution is -2.41. The zero-order valence-corrected chi connectivity index (χ0v) is 11.3. The van der Waals surface area contributed by atoms with Crippen molar-refractivity contribution in [3.05, 3.63) is 30.1 Å². The van der Waals surface area contributed by atoms with Gasteiger partial charge in [0.05, 0.1) is 30.3 Å². The van der Waals surface area contributed by atoms with Crippen LogP contribution in [0.15, 0.2) is 24.3 Å². The number of halogens is 2. The van der Waals surface area contributed by atoms with Crippen LogP contribution in [-0.2, 0) is 11.3 Å². The topological polar surface area (TPSA) is 30.3 Å². The summed E-state index contributed by atoms with van der Waals surface area (Å²) >= 11 is 0. The van der Waals surface area contributed by atoms with Crippen molar-refractivity contribution in [2.75, 3.05) is 19.7 Å². The Kier molecular flexibility index (Phi) is 3.67. The molecule has 1 saturated heterocycles. The van der Waals surface area contributed by atoms with E-state index < -0.39 is 6.55 Å². The van der Waals surface area contributed by atoms with Gasteiger partial charge in [0.1, 0.15) is 5.82 Å². The highest BCUT2D eigenvalue weighted by molar-refractivity contribution is 5.75. The minimum absolute atomic E-state index is 0.133. The van der Waals surface area contributed by atoms with E-state index in [0.717, 1.165) is 17.7 Å². The van der Waals surface area contributed by atoms with Gasteiger partial charge in [-0.25, -0.2) is 4.98 Å². The molecule has 0 spiro atoms. The maximum absolute atomic E-state index is 13.3. The first-order valence-corrected chi connectivity index (χ1v) is 6.73. The highest BCUT2D eigenvalue weighted by Crippen LogP contribution is 2.24. The lowest BCUT2D eigenvalue weighted by molar-refractivity contribution is -0.0236. The number of aromatic nitrogens is 2. The molecule has 0 amide bonds. The van der Waals surface area contributed by atoms with Crippen molar-refractivity contribution in [2.24, 2.45) is 0 Å². The average Bonchev–Trinajstić information content (AvgIpc) is 2.76. The van der Waals surface area contributed by atoms with Crippen molar-refractivity contribution in [3.8, 4) is 0 Å². The highest BCUT2D eigenvalue weighted by Gasteiger charge is 2.22. The lowest BCUT2D eigenvalue weighted by atomic mass is 10.3. The van der Waals surface area contributed by atoms with Crippen molar-refractivity contribution < 1.29 is 13.5 Å². The number of rotatable bonds is 3. The fourth-order valence-corrected chi connectivity index (χ4v) is 2.66. The molecule has 2 aromatic rings. The van der Waals surface area contributed by atoms with Gasteiger partial charge in [-0.3, -0.25) is 9.47 Å². The molecule has 1 aromatic heterocycles. The number of ether oxygens (including phenoxy) is 1. The summed E-state index contributed by atoms with van der Waals surface area (Å²) in [5.74, 6) is 0.412. The molecule has 4 nitrogen and oxygen atoms in total. The summed E-state index contributed by atoms with van der Waals surface area (Å²) in [4.78, 5) is 6.46. The minimum atomic E-state index is -2.57. The van der Waals surface area contributed by atoms with Crippen LogP contribution in [0.1, 0.15) is 19.3 Å². The minimum Gasteiger partial charge on any atom is -0.376 e. The zero-order valence-electron chi connectivity index (χ0n) is 11.3. The number of imidazole rings is 1. The van der Waals surface area contributed by atoms with Crippen molar-refractivity contribution in [1.82, 2.24) is 14.5 Å². The van der Waals surface area contributed by atoms with Gasteiger partial charge in [-0.2, -0.15) is 8.78 Å². The smallest absolute Gasteiger partial charge is 0.320 e. The molecule has 1 aromatic carbocycles. The zero-order chi connectivity index (χ0) is 14.1. The molecule has 0 N–H and O–H groups in total. The predicted molar refractivity (Wildman–Crippen MR) is 71.7 cm³/mol. The maximum Gasteiger partial charge on any atom is 0.320 e. The third-order valence-corrected chi connectivity index (χ3v) is 3.55. The Morgan fingerprint density at radius 2 is 2.20 bits per heavy atom. The summed E-state index contributed by atoms with van der Waals surface area (Å²) < 4.78 is 33.1. The largest absolute Gasteiger partial charge is 0.376 e. The summed E-state index contributed by atoms with van der Waals surface area (Å²) in [5.41, 5.74) is 1.10. The van der Waals surface area contributed by atoms with Gasteiger partial charge in [0.15, 0.2) is 0 Å². The summed E-state index contributed by atoms with van der Waals surface area (Å²) in [7, 11) is 0. The Morgan fingerprint density at radius 1 is 1.40 bits per heavy atom. The molecule has 1 aliphatic rings. The molecule has 20 heavy (non-hydrogen) atoms. The van der Waals surface area contributed by atoms with E-state index in [1.807, 2.05) is 13.0 Å². The molecule has 3 rings (SSSR count). The molecule has 0 unspecified atom stereocenters. The second-order valence-electron chi connectivity index (χ2n) is 5.08. The first kappa shape index (κ1) is 13.5. The van der Waals surface area contributed by atoms with Crippen LogP contribution in [-0.4, -0.2) is 40.3 Å². The van der Waals surface area contributed by atoms with E-state index in [2.05, 4.69) is 9.88 Å². The normalized spacial score (nSPS) is 20.9. The van der Waals surface area contributed by atoms with E-state index >= 15 is 0 Å². The van der Waals surface area contributed by atoms with Crippen molar-refractivity contribution in [2.45, 2.75) is 26.1 Å². The summed E-state index contributed by atoms with van der Waals surface area (Å²) in [6, 6.07) is 7.01. The summed E-state index contributed by atoms with van der Waals surface area (Å²) in [5, 5.41) is 0. The van der Waals surface area contributed by atoms with E-state index in [1.54, 1.807) is 18.2 Å². The van der Waals surface area contributed by atoms with E-state index in [0.29, 0.717) is 30.0 Å². The molecule has 1 atom stereocenters. The first-order chi connectivity index (χ1) is 9.65. The Bertz CT molecular complexity index is 599. The van der Waals surface area contributed by atoms with Crippen LogP contribution < -0.4 is 0 Å². The van der Waals surface area contributed by atoms with Crippen LogP contribution >= 0.6 is 0 Å². The quantitative estimate of drug-likeness (QED) is 0.866. The van der Waals surface area contributed by atoms with Crippen LogP contribution in [0.25, 0.3) is 11.0 Å². The maximum atomic E-state index is 13.3. The first-order valence-electron chi connectivity index (χ1n) is 6.73. The van der Waals surface area contributed by atoms with Gasteiger partial charge in [-0.05, 0) is 19.1 Å². The SMILES string of the molecule is C[C@@H]1CN(Cc2nc3ccccc3n2C(F)F)CCO1. The molecule has 0 bridgehead atoms. The second kappa shape index (κ2) is 5.46. The van der Waals surface area contributed by atoms with E-state index in [4.69, 9.17) is 4.74 Å². The fourth-order valence-electron chi connectivity index (χ4n) is 2.66. The van der Waals surface area contributed by atoms with Crippen LogP contribution in [0.5, 0.6) is 0 Å². The molecular weight excluding hydrogens is 264 g/mol. The Morgan fingerprint density at radius 3 is 2.95 bits per heavy atom. The Labute approximate surface area is 116 Å². The van der Waals surface area contributed by atoms with Crippen LogP contribution in [0.3, 0.4) is 0 Å². The van der Waals surface area contributed by atoms with Crippen LogP contribution in [0.4, 0.5) is 8.78 Å². The number of alkyl halides is 2. The van der Waals surface area contributed by atoms with Crippen LogP contribution in [0, 0.1) is 0 Å². The monoisotopic (exact) mass is 281 g/mol. The standard InChI is InChI=1S/C14H17F2N3O/c1-10-8-18(6-7-20-10)9-13-17-11-4-2-3-5-12(11)19(13)14(15)16/h2-5,10,14H,6-9H2,1H3/t10-/m1/s1. The average molecular weight is 281 g/mol. The molecule has 1 aliphatic heterocycles. The molecule has 108 valence electrons. The van der Waals surface area contributed by atoms with E-state index in [9.17, 15) is 8.78 Å². The van der Waals surface area contributed by atoms with Gasteiger partial charge < -0.3 is 4.74 Å². The van der Waals surface area contributed by atoms with Gasteiger partial charge in [0, 0.05) is 13.1 Å². The van der Waals surface area contributed by atoms with Gasteiger partial charge in [-0.15, -0.1) is 0 Å². The van der Waals surface area contributed by atoms with Gasteiger partial charge in [0.2, 0.25) is 0 Å². The number of benzene rings is 1. The fraction of sp³-hybridized carbons (Fsp3) is 0.500. The Hall–Kier alpha value is -1.53. The number of fused-ring (bicyclic) bond motifs is 1. The molecule has 2 heterocycles. The number of nitrogens with zero attached hydrogens (tertiary/aromatic N) is 3. The lowest BCUT2D eigenvalue weighted by Gasteiger charge is -2.30. The molecule has 0 aliphatic carbocycles. The highest BCUT2D eigenvalue weighted by atomic mass is 19.3. The third kappa shape index (κ3) is 2.53. The molecule has 6 heteroatoms. The molecule has 0 saturated carbocycles. The molecule has 0 radical (unpaired) electrons. The van der Waals surface area contributed by atoms with Crippen molar-refractivity contribution >= 4 is 11.0 Å². The van der Waals surface area contributed by atoms with E-state index in [1.165, 1.54) is 0 Å². The summed E-state index contributed by atoms with van der Waals surface area (Å²) in [6.45, 7) is 1.96. The number of morpholine rings is 1. The number of hydrogen-bond donors (Lipinski definition) is 0. The van der Waals surface area contributed by atoms with E-state index in [-0.39, 0.29) is 6.10 Å². The molecular formula is C14H17F2N3O. The van der Waals surface area contributed by atoms with Gasteiger partial charge >= 0.3 is 6.55 Å². The van der Waals surface area contributed by atoms with Crippen LogP contribution in [0.2, 0.25) is 0 Å². The van der Waals surface area contributed by atoms with Crippen molar-refractivity contribution in [3.63, 3.8) is 0 Å². The van der Waals surface area contributed by atoms with Gasteiger partial charge in [0.25, 0.3) is 0 Å². The van der Waals surface area contributed by atoms with Gasteiger partial charge in [-0.1, -0.05) is 12.1 Å². The second-order valence-corrected chi connectivity index (χ2v) is 5.08. The number of hydrogen-bond acceptors (Lipinski definition) is 3.